The lowest BCUT2D eigenvalue weighted by Gasteiger charge is -2.49. The van der Waals surface area contributed by atoms with Gasteiger partial charge in [0.25, 0.3) is 11.8 Å². The average molecular weight is 729 g/mol. The van der Waals surface area contributed by atoms with Crippen molar-refractivity contribution >= 4 is 64.6 Å². The van der Waals surface area contributed by atoms with Gasteiger partial charge in [0, 0.05) is 12.5 Å². The summed E-state index contributed by atoms with van der Waals surface area (Å²) in [6.07, 6.45) is 2.84. The van der Waals surface area contributed by atoms with E-state index < -0.39 is 117 Å². The van der Waals surface area contributed by atoms with Gasteiger partial charge >= 0.3 is 5.97 Å². The fraction of sp³-hybridized carbons (Fsp3) is 0.344. The monoisotopic (exact) mass is 728 g/mol. The summed E-state index contributed by atoms with van der Waals surface area (Å²) in [6.45, 7) is -0.453. The molecule has 6 atom stereocenters. The van der Waals surface area contributed by atoms with Crippen LogP contribution in [0.5, 0.6) is 11.5 Å². The van der Waals surface area contributed by atoms with Crippen LogP contribution in [0.15, 0.2) is 35.9 Å². The van der Waals surface area contributed by atoms with Crippen molar-refractivity contribution in [3.05, 3.63) is 70.6 Å². The van der Waals surface area contributed by atoms with Crippen molar-refractivity contribution in [2.45, 2.75) is 29.0 Å². The highest BCUT2D eigenvalue weighted by Gasteiger charge is 2.76. The van der Waals surface area contributed by atoms with E-state index in [1.54, 1.807) is 0 Å². The summed E-state index contributed by atoms with van der Waals surface area (Å²) >= 11 is 14.0. The number of imide groups is 2. The number of carbonyl (C=O) groups excluding carboxylic acids is 4. The second-order valence-corrected chi connectivity index (χ2v) is 13.2. The molecule has 2 saturated heterocycles. The number of alkyl halides is 2. The van der Waals surface area contributed by atoms with Crippen molar-refractivity contribution in [1.82, 2.24) is 4.90 Å². The fourth-order valence-electron chi connectivity index (χ4n) is 7.31. The van der Waals surface area contributed by atoms with Gasteiger partial charge in [0.05, 0.1) is 25.4 Å². The molecule has 0 spiro atoms. The SMILES string of the molecule is COc1cc(C=CC2C3=CCC4C(=O)N(CCC(=O)O)C(=O)C4C3CC3(Cl)C(=O)N(c4c(F)c(F)c(F)c(F)c4F)C(=O)C23Cl)ccc1O. The number of rotatable bonds is 7. The summed E-state index contributed by atoms with van der Waals surface area (Å²) in [6, 6.07) is 4.09. The highest BCUT2D eigenvalue weighted by Crippen LogP contribution is 2.64. The molecule has 4 amide bonds. The third kappa shape index (κ3) is 4.76. The van der Waals surface area contributed by atoms with Crippen LogP contribution in [0.25, 0.3) is 6.08 Å². The molecular formula is C32H23Cl2F5N2O8. The lowest BCUT2D eigenvalue weighted by atomic mass is 9.57. The predicted molar refractivity (Wildman–Crippen MR) is 160 cm³/mol. The van der Waals surface area contributed by atoms with E-state index in [0.717, 1.165) is 4.90 Å². The summed E-state index contributed by atoms with van der Waals surface area (Å²) in [5, 5.41) is 19.1. The third-order valence-electron chi connectivity index (χ3n) is 9.60. The van der Waals surface area contributed by atoms with E-state index in [-0.39, 0.29) is 28.4 Å². The molecule has 0 bridgehead atoms. The number of allylic oxidation sites excluding steroid dienone is 3. The average Bonchev–Trinajstić information content (AvgIpc) is 3.39. The molecule has 2 aromatic carbocycles. The standard InChI is InChI=1S/C32H23Cl2F5N2O8/c1-49-18-10-12(3-7-17(18)42)2-6-16-13-4-5-14-20(28(46)40(27(14)45)9-8-19(43)44)15(13)11-31(33)29(47)41(30(48)32(16,31)34)26-24(38)22(36)21(35)23(37)25(26)39/h2-4,6-7,10,14-16,20,42H,5,8-9,11H2,1H3,(H,43,44). The zero-order chi connectivity index (χ0) is 35.9. The minimum absolute atomic E-state index is 0.0387. The van der Waals surface area contributed by atoms with Gasteiger partial charge in [0.1, 0.15) is 5.69 Å². The van der Waals surface area contributed by atoms with Gasteiger partial charge in [0.15, 0.2) is 44.5 Å². The van der Waals surface area contributed by atoms with Crippen LogP contribution >= 0.6 is 23.2 Å². The van der Waals surface area contributed by atoms with Gasteiger partial charge in [-0.25, -0.2) is 26.9 Å². The van der Waals surface area contributed by atoms with Crippen LogP contribution in [0, 0.1) is 52.8 Å². The Bertz CT molecular complexity index is 1910. The molecule has 17 heteroatoms. The first-order chi connectivity index (χ1) is 23.0. The van der Waals surface area contributed by atoms with Crippen LogP contribution in [-0.4, -0.2) is 68.1 Å². The Labute approximate surface area is 283 Å². The van der Waals surface area contributed by atoms with Crippen LogP contribution in [-0.2, 0) is 24.0 Å². The Morgan fingerprint density at radius 3 is 2.22 bits per heavy atom. The Balaban J connectivity index is 1.52. The molecule has 0 aromatic heterocycles. The topological polar surface area (TPSA) is 142 Å². The van der Waals surface area contributed by atoms with Crippen LogP contribution in [0.3, 0.4) is 0 Å². The van der Waals surface area contributed by atoms with E-state index in [4.69, 9.17) is 33.0 Å². The number of carboxylic acid groups (broad SMARTS) is 1. The molecule has 10 nitrogen and oxygen atoms in total. The first-order valence-corrected chi connectivity index (χ1v) is 15.4. The molecule has 3 fully saturated rings. The van der Waals surface area contributed by atoms with Crippen LogP contribution in [0.2, 0.25) is 0 Å². The van der Waals surface area contributed by atoms with Gasteiger partial charge in [-0.2, -0.15) is 0 Å². The molecule has 2 aliphatic heterocycles. The summed E-state index contributed by atoms with van der Waals surface area (Å²) in [7, 11) is 1.28. The summed E-state index contributed by atoms with van der Waals surface area (Å²) in [5.41, 5.74) is -1.34. The number of aliphatic carboxylic acids is 1. The Morgan fingerprint density at radius 1 is 0.980 bits per heavy atom. The third-order valence-corrected chi connectivity index (χ3v) is 11.0. The van der Waals surface area contributed by atoms with Crippen molar-refractivity contribution in [3.8, 4) is 11.5 Å². The molecule has 2 N–H and O–H groups in total. The molecule has 2 aliphatic carbocycles. The number of halogens is 7. The molecule has 258 valence electrons. The summed E-state index contributed by atoms with van der Waals surface area (Å²) in [4.78, 5) is 61.6. The first-order valence-electron chi connectivity index (χ1n) is 14.6. The summed E-state index contributed by atoms with van der Waals surface area (Å²) < 4.78 is 77.9. The predicted octanol–water partition coefficient (Wildman–Crippen LogP) is 4.68. The molecule has 4 aliphatic rings. The number of hydrogen-bond acceptors (Lipinski definition) is 7. The van der Waals surface area contributed by atoms with E-state index in [9.17, 15) is 42.3 Å². The van der Waals surface area contributed by atoms with E-state index in [1.165, 1.54) is 43.5 Å². The Morgan fingerprint density at radius 2 is 1.61 bits per heavy atom. The Kier molecular flexibility index (Phi) is 8.30. The normalized spacial score (nSPS) is 29.3. The molecule has 2 aromatic rings. The number of phenols is 1. The van der Waals surface area contributed by atoms with E-state index in [1.807, 2.05) is 0 Å². The van der Waals surface area contributed by atoms with Crippen LogP contribution in [0.1, 0.15) is 24.8 Å². The first kappa shape index (κ1) is 34.4. The van der Waals surface area contributed by atoms with Gasteiger partial charge in [-0.15, -0.1) is 23.2 Å². The lowest BCUT2D eigenvalue weighted by Crippen LogP contribution is -2.60. The highest BCUT2D eigenvalue weighted by molar-refractivity contribution is 6.58. The number of likely N-dealkylation sites (tertiary alicyclic amines) is 1. The minimum Gasteiger partial charge on any atom is -0.504 e. The number of phenolic OH excluding ortho intramolecular Hbond substituents is 1. The highest BCUT2D eigenvalue weighted by atomic mass is 35.5. The van der Waals surface area contributed by atoms with Gasteiger partial charge in [-0.1, -0.05) is 29.9 Å². The fourth-order valence-corrected chi connectivity index (χ4v) is 8.20. The molecule has 49 heavy (non-hydrogen) atoms. The van der Waals surface area contributed by atoms with Gasteiger partial charge in [0.2, 0.25) is 17.6 Å². The van der Waals surface area contributed by atoms with Crippen molar-refractivity contribution in [3.63, 3.8) is 0 Å². The molecule has 1 saturated carbocycles. The number of carbonyl (C=O) groups is 5. The molecule has 6 unspecified atom stereocenters. The zero-order valence-corrected chi connectivity index (χ0v) is 26.5. The van der Waals surface area contributed by atoms with Crippen molar-refractivity contribution in [2.75, 3.05) is 18.6 Å². The summed E-state index contributed by atoms with van der Waals surface area (Å²) in [5.74, 6) is -23.5. The minimum atomic E-state index is -2.69. The number of amides is 4. The maximum atomic E-state index is 15.1. The zero-order valence-electron chi connectivity index (χ0n) is 25.0. The van der Waals surface area contributed by atoms with Gasteiger partial charge < -0.3 is 14.9 Å². The number of fused-ring (bicyclic) bond motifs is 4. The number of carboxylic acids is 1. The molecule has 2 heterocycles. The number of nitrogens with zero attached hydrogens (tertiary/aromatic N) is 2. The van der Waals surface area contributed by atoms with Crippen LogP contribution in [0.4, 0.5) is 27.6 Å². The largest absolute Gasteiger partial charge is 0.504 e. The quantitative estimate of drug-likeness (QED) is 0.105. The second kappa shape index (κ2) is 11.8. The lowest BCUT2D eigenvalue weighted by molar-refractivity contribution is -0.142. The molecular weight excluding hydrogens is 706 g/mol. The van der Waals surface area contributed by atoms with Gasteiger partial charge in [-0.05, 0) is 36.5 Å². The number of ether oxygens (including phenoxy) is 1. The number of hydrogen-bond donors (Lipinski definition) is 2. The maximum Gasteiger partial charge on any atom is 0.305 e. The van der Waals surface area contributed by atoms with Crippen molar-refractivity contribution in [1.29, 1.82) is 0 Å². The second-order valence-electron chi connectivity index (χ2n) is 12.0. The Hall–Kier alpha value is -4.50. The van der Waals surface area contributed by atoms with Crippen molar-refractivity contribution in [2.24, 2.45) is 23.7 Å². The number of methoxy groups -OCH3 is 1. The van der Waals surface area contributed by atoms with Gasteiger partial charge in [-0.3, -0.25) is 28.9 Å². The van der Waals surface area contributed by atoms with E-state index >= 15 is 8.78 Å². The smallest absolute Gasteiger partial charge is 0.305 e. The number of benzene rings is 2. The van der Waals surface area contributed by atoms with Crippen LogP contribution < -0.4 is 9.64 Å². The molecule has 0 radical (unpaired) electrons. The van der Waals surface area contributed by atoms with E-state index in [0.29, 0.717) is 5.56 Å². The molecule has 6 rings (SSSR count). The van der Waals surface area contributed by atoms with Crippen molar-refractivity contribution < 1.29 is 60.9 Å². The maximum absolute atomic E-state index is 15.1. The number of anilines is 1. The van der Waals surface area contributed by atoms with E-state index in [2.05, 4.69) is 0 Å². The number of aromatic hydroxyl groups is 1.